The van der Waals surface area contributed by atoms with Gasteiger partial charge in [-0.1, -0.05) is 12.1 Å². The van der Waals surface area contributed by atoms with Gasteiger partial charge in [-0.25, -0.2) is 4.79 Å². The zero-order valence-electron chi connectivity index (χ0n) is 12.5. The van der Waals surface area contributed by atoms with Crippen molar-refractivity contribution >= 4 is 12.0 Å². The largest absolute Gasteiger partial charge is 0.494 e. The molecule has 6 nitrogen and oxygen atoms in total. The highest BCUT2D eigenvalue weighted by molar-refractivity contribution is 5.74. The number of benzene rings is 1. The number of carboxylic acids is 1. The number of carbonyl (C=O) groups is 2. The molecule has 2 N–H and O–H groups in total. The van der Waals surface area contributed by atoms with Gasteiger partial charge in [0.15, 0.2) is 0 Å². The molecule has 0 aliphatic rings. The Morgan fingerprint density at radius 2 is 1.95 bits per heavy atom. The molecule has 21 heavy (non-hydrogen) atoms. The van der Waals surface area contributed by atoms with Crippen LogP contribution >= 0.6 is 0 Å². The van der Waals surface area contributed by atoms with Gasteiger partial charge in [-0.15, -0.1) is 0 Å². The monoisotopic (exact) mass is 294 g/mol. The predicted molar refractivity (Wildman–Crippen MR) is 79.3 cm³/mol. The van der Waals surface area contributed by atoms with Crippen molar-refractivity contribution in [1.82, 2.24) is 10.2 Å². The van der Waals surface area contributed by atoms with E-state index in [1.807, 2.05) is 31.2 Å². The Balaban J connectivity index is 2.35. The molecule has 0 unspecified atom stereocenters. The van der Waals surface area contributed by atoms with Crippen molar-refractivity contribution in [3.05, 3.63) is 29.8 Å². The first-order chi connectivity index (χ1) is 10.0. The van der Waals surface area contributed by atoms with Crippen LogP contribution in [0.15, 0.2) is 24.3 Å². The minimum Gasteiger partial charge on any atom is -0.494 e. The number of ether oxygens (including phenoxy) is 1. The molecule has 1 rings (SSSR count). The summed E-state index contributed by atoms with van der Waals surface area (Å²) in [6, 6.07) is 7.36. The molecule has 0 saturated heterocycles. The Morgan fingerprint density at radius 3 is 2.52 bits per heavy atom. The lowest BCUT2D eigenvalue weighted by atomic mass is 10.2. The number of nitrogens with one attached hydrogen (secondary N) is 1. The summed E-state index contributed by atoms with van der Waals surface area (Å²) in [7, 11) is 1.70. The third kappa shape index (κ3) is 6.65. The van der Waals surface area contributed by atoms with Gasteiger partial charge in [0, 0.05) is 26.6 Å². The first kappa shape index (κ1) is 16.8. The number of rotatable bonds is 8. The molecule has 0 heterocycles. The average Bonchev–Trinajstić information content (AvgIpc) is 2.45. The number of nitrogens with zero attached hydrogens (tertiary/aromatic N) is 1. The molecular weight excluding hydrogens is 272 g/mol. The highest BCUT2D eigenvalue weighted by atomic mass is 16.5. The van der Waals surface area contributed by atoms with Gasteiger partial charge in [0.1, 0.15) is 5.75 Å². The van der Waals surface area contributed by atoms with Crippen LogP contribution in [0.4, 0.5) is 4.79 Å². The quantitative estimate of drug-likeness (QED) is 0.720. The molecule has 0 saturated carbocycles. The molecule has 0 bridgehead atoms. The van der Waals surface area contributed by atoms with Gasteiger partial charge in [0.25, 0.3) is 0 Å². The van der Waals surface area contributed by atoms with Crippen LogP contribution in [0.2, 0.25) is 0 Å². The zero-order chi connectivity index (χ0) is 15.7. The van der Waals surface area contributed by atoms with Gasteiger partial charge in [-0.05, 0) is 31.0 Å². The number of aliphatic carboxylic acids is 1. The van der Waals surface area contributed by atoms with Crippen LogP contribution in [0.25, 0.3) is 0 Å². The van der Waals surface area contributed by atoms with E-state index in [1.54, 1.807) is 11.9 Å². The fraction of sp³-hybridized carbons (Fsp3) is 0.467. The fourth-order valence-electron chi connectivity index (χ4n) is 1.77. The van der Waals surface area contributed by atoms with Gasteiger partial charge in [-0.2, -0.15) is 0 Å². The molecule has 0 aliphatic heterocycles. The maximum absolute atomic E-state index is 11.8. The Labute approximate surface area is 124 Å². The van der Waals surface area contributed by atoms with Crippen molar-refractivity contribution in [2.75, 3.05) is 20.2 Å². The number of carbonyl (C=O) groups excluding carboxylic acids is 1. The van der Waals surface area contributed by atoms with Gasteiger partial charge in [0.2, 0.25) is 0 Å². The summed E-state index contributed by atoms with van der Waals surface area (Å²) in [5.41, 5.74) is 1.00. The Bertz CT molecular complexity index is 459. The van der Waals surface area contributed by atoms with Crippen LogP contribution in [-0.4, -0.2) is 42.2 Å². The van der Waals surface area contributed by atoms with E-state index >= 15 is 0 Å². The first-order valence-electron chi connectivity index (χ1n) is 6.95. The van der Waals surface area contributed by atoms with Crippen molar-refractivity contribution in [3.8, 4) is 5.75 Å². The highest BCUT2D eigenvalue weighted by Crippen LogP contribution is 2.13. The molecule has 0 spiro atoms. The van der Waals surface area contributed by atoms with E-state index in [4.69, 9.17) is 9.84 Å². The van der Waals surface area contributed by atoms with Crippen LogP contribution in [0.3, 0.4) is 0 Å². The number of amides is 2. The van der Waals surface area contributed by atoms with Crippen LogP contribution in [0, 0.1) is 0 Å². The van der Waals surface area contributed by atoms with E-state index in [0.717, 1.165) is 11.3 Å². The van der Waals surface area contributed by atoms with E-state index < -0.39 is 5.97 Å². The van der Waals surface area contributed by atoms with Crippen LogP contribution < -0.4 is 10.1 Å². The number of hydrogen-bond donors (Lipinski definition) is 2. The molecule has 0 radical (unpaired) electrons. The topological polar surface area (TPSA) is 78.9 Å². The predicted octanol–water partition coefficient (Wildman–Crippen LogP) is 2.09. The SMILES string of the molecule is CCOc1ccc(CN(C)C(=O)NCCCC(=O)O)cc1. The molecule has 0 atom stereocenters. The molecule has 1 aromatic carbocycles. The Morgan fingerprint density at radius 1 is 1.29 bits per heavy atom. The molecular formula is C15H22N2O4. The third-order valence-corrected chi connectivity index (χ3v) is 2.84. The summed E-state index contributed by atoms with van der Waals surface area (Å²) in [4.78, 5) is 23.7. The smallest absolute Gasteiger partial charge is 0.317 e. The molecule has 0 aliphatic carbocycles. The first-order valence-corrected chi connectivity index (χ1v) is 6.95. The van der Waals surface area contributed by atoms with E-state index in [1.165, 1.54) is 0 Å². The van der Waals surface area contributed by atoms with E-state index in [2.05, 4.69) is 5.32 Å². The molecule has 6 heteroatoms. The minimum absolute atomic E-state index is 0.0584. The lowest BCUT2D eigenvalue weighted by molar-refractivity contribution is -0.137. The number of urea groups is 1. The second-order valence-corrected chi connectivity index (χ2v) is 4.66. The van der Waals surface area contributed by atoms with Gasteiger partial charge >= 0.3 is 12.0 Å². The minimum atomic E-state index is -0.855. The molecule has 2 amide bonds. The summed E-state index contributed by atoms with van der Waals surface area (Å²) < 4.78 is 5.36. The normalized spacial score (nSPS) is 10.0. The van der Waals surface area contributed by atoms with Crippen molar-refractivity contribution in [2.45, 2.75) is 26.3 Å². The van der Waals surface area contributed by atoms with E-state index in [9.17, 15) is 9.59 Å². The van der Waals surface area contributed by atoms with Gasteiger partial charge in [0.05, 0.1) is 6.61 Å². The fourth-order valence-corrected chi connectivity index (χ4v) is 1.77. The van der Waals surface area contributed by atoms with Crippen molar-refractivity contribution in [1.29, 1.82) is 0 Å². The highest BCUT2D eigenvalue weighted by Gasteiger charge is 2.08. The maximum atomic E-state index is 11.8. The van der Waals surface area contributed by atoms with Crippen molar-refractivity contribution in [3.63, 3.8) is 0 Å². The average molecular weight is 294 g/mol. The van der Waals surface area contributed by atoms with Gasteiger partial charge < -0.3 is 20.1 Å². The Kier molecular flexibility index (Phi) is 7.08. The van der Waals surface area contributed by atoms with Gasteiger partial charge in [-0.3, -0.25) is 4.79 Å². The van der Waals surface area contributed by atoms with E-state index in [-0.39, 0.29) is 12.5 Å². The molecule has 116 valence electrons. The zero-order valence-corrected chi connectivity index (χ0v) is 12.5. The molecule has 1 aromatic rings. The second-order valence-electron chi connectivity index (χ2n) is 4.66. The summed E-state index contributed by atoms with van der Waals surface area (Å²) in [5.74, 6) is -0.0472. The van der Waals surface area contributed by atoms with E-state index in [0.29, 0.717) is 26.1 Å². The number of hydrogen-bond acceptors (Lipinski definition) is 3. The van der Waals surface area contributed by atoms with Crippen LogP contribution in [0.1, 0.15) is 25.3 Å². The third-order valence-electron chi connectivity index (χ3n) is 2.84. The van der Waals surface area contributed by atoms with Crippen LogP contribution in [0.5, 0.6) is 5.75 Å². The van der Waals surface area contributed by atoms with Crippen molar-refractivity contribution < 1.29 is 19.4 Å². The maximum Gasteiger partial charge on any atom is 0.317 e. The lowest BCUT2D eigenvalue weighted by Crippen LogP contribution is -2.37. The standard InChI is InChI=1S/C15H22N2O4/c1-3-21-13-8-6-12(7-9-13)11-17(2)15(20)16-10-4-5-14(18)19/h6-9H,3-5,10-11H2,1-2H3,(H,16,20)(H,18,19). The lowest BCUT2D eigenvalue weighted by Gasteiger charge is -2.18. The summed E-state index contributed by atoms with van der Waals surface area (Å²) >= 11 is 0. The van der Waals surface area contributed by atoms with Crippen molar-refractivity contribution in [2.24, 2.45) is 0 Å². The summed E-state index contributed by atoms with van der Waals surface area (Å²) in [6.07, 6.45) is 0.487. The number of carboxylic acid groups (broad SMARTS) is 1. The Hall–Kier alpha value is -2.24. The second kappa shape index (κ2) is 8.84. The molecule has 0 aromatic heterocycles. The molecule has 0 fully saturated rings. The summed E-state index contributed by atoms with van der Waals surface area (Å²) in [5, 5.41) is 11.2. The van der Waals surface area contributed by atoms with Crippen LogP contribution in [-0.2, 0) is 11.3 Å². The summed E-state index contributed by atoms with van der Waals surface area (Å²) in [6.45, 7) is 3.39.